The lowest BCUT2D eigenvalue weighted by atomic mass is 10.2. The number of carbonyl (C=O) groups is 1. The Labute approximate surface area is 115 Å². The van der Waals surface area contributed by atoms with E-state index in [1.807, 2.05) is 29.2 Å². The molecule has 1 aromatic carbocycles. The first-order valence-electron chi connectivity index (χ1n) is 5.77. The molecule has 1 unspecified atom stereocenters. The number of benzene rings is 1. The minimum absolute atomic E-state index is 0.0323. The van der Waals surface area contributed by atoms with E-state index in [9.17, 15) is 4.79 Å². The molecule has 0 aliphatic heterocycles. The number of alkyl halides is 1. The smallest absolute Gasteiger partial charge is 0.240 e. The summed E-state index contributed by atoms with van der Waals surface area (Å²) in [6, 6.07) is 8.37. The van der Waals surface area contributed by atoms with E-state index in [1.165, 1.54) is 0 Å². The molecular formula is C13H15BrClNO. The van der Waals surface area contributed by atoms with Gasteiger partial charge in [0.1, 0.15) is 5.38 Å². The Morgan fingerprint density at radius 1 is 1.53 bits per heavy atom. The van der Waals surface area contributed by atoms with Crippen LogP contribution in [0.15, 0.2) is 28.7 Å². The molecule has 1 atom stereocenters. The fraction of sp³-hybridized carbons (Fsp3) is 0.462. The van der Waals surface area contributed by atoms with Crippen molar-refractivity contribution in [2.24, 2.45) is 0 Å². The fourth-order valence-corrected chi connectivity index (χ4v) is 2.35. The van der Waals surface area contributed by atoms with Crippen molar-refractivity contribution in [2.45, 2.75) is 37.7 Å². The zero-order valence-corrected chi connectivity index (χ0v) is 12.0. The largest absolute Gasteiger partial charge is 0.334 e. The summed E-state index contributed by atoms with van der Waals surface area (Å²) in [6.07, 6.45) is 2.19. The number of rotatable bonds is 4. The molecule has 1 fully saturated rings. The van der Waals surface area contributed by atoms with Gasteiger partial charge in [0.25, 0.3) is 0 Å². The van der Waals surface area contributed by atoms with Crippen molar-refractivity contribution >= 4 is 33.4 Å². The van der Waals surface area contributed by atoms with Gasteiger partial charge >= 0.3 is 0 Å². The first-order chi connectivity index (χ1) is 8.09. The lowest BCUT2D eigenvalue weighted by molar-refractivity contribution is -0.131. The third-order valence-corrected chi connectivity index (χ3v) is 3.87. The molecule has 0 spiro atoms. The lowest BCUT2D eigenvalue weighted by Gasteiger charge is -2.24. The fourth-order valence-electron chi connectivity index (χ4n) is 1.81. The molecule has 1 aliphatic rings. The van der Waals surface area contributed by atoms with Crippen molar-refractivity contribution in [2.75, 3.05) is 0 Å². The number of halogens is 2. The molecule has 0 heterocycles. The third-order valence-electron chi connectivity index (χ3n) is 2.91. The molecule has 1 saturated carbocycles. The molecule has 2 nitrogen and oxygen atoms in total. The SMILES string of the molecule is CC(Cl)C(=O)N(Cc1ccccc1Br)C1CC1. The summed E-state index contributed by atoms with van der Waals surface area (Å²) in [5.74, 6) is 0.0323. The van der Waals surface area contributed by atoms with E-state index in [0.717, 1.165) is 22.9 Å². The average molecular weight is 317 g/mol. The molecule has 2 rings (SSSR count). The maximum Gasteiger partial charge on any atom is 0.240 e. The lowest BCUT2D eigenvalue weighted by Crippen LogP contribution is -2.37. The van der Waals surface area contributed by atoms with Crippen molar-refractivity contribution < 1.29 is 4.79 Å². The standard InChI is InChI=1S/C13H15BrClNO/c1-9(15)13(17)16(11-6-7-11)8-10-4-2-3-5-12(10)14/h2-5,9,11H,6-8H2,1H3. The number of carbonyl (C=O) groups excluding carboxylic acids is 1. The van der Waals surface area contributed by atoms with Gasteiger partial charge in [-0.3, -0.25) is 4.79 Å². The third kappa shape index (κ3) is 3.23. The summed E-state index contributed by atoms with van der Waals surface area (Å²) in [6.45, 7) is 2.38. The number of hydrogen-bond acceptors (Lipinski definition) is 1. The van der Waals surface area contributed by atoms with E-state index < -0.39 is 5.38 Å². The second-order valence-corrected chi connectivity index (χ2v) is 5.91. The minimum atomic E-state index is -0.446. The van der Waals surface area contributed by atoms with Crippen LogP contribution < -0.4 is 0 Å². The maximum absolute atomic E-state index is 12.0. The van der Waals surface area contributed by atoms with E-state index in [1.54, 1.807) is 6.92 Å². The highest BCUT2D eigenvalue weighted by atomic mass is 79.9. The first kappa shape index (κ1) is 12.9. The summed E-state index contributed by atoms with van der Waals surface area (Å²) in [5.41, 5.74) is 1.13. The van der Waals surface area contributed by atoms with Gasteiger partial charge in [-0.15, -0.1) is 11.6 Å². The Balaban J connectivity index is 2.13. The summed E-state index contributed by atoms with van der Waals surface area (Å²) < 4.78 is 1.04. The summed E-state index contributed by atoms with van der Waals surface area (Å²) in [7, 11) is 0. The Morgan fingerprint density at radius 2 is 2.18 bits per heavy atom. The van der Waals surface area contributed by atoms with E-state index in [0.29, 0.717) is 12.6 Å². The van der Waals surface area contributed by atoms with Crippen LogP contribution >= 0.6 is 27.5 Å². The monoisotopic (exact) mass is 315 g/mol. The van der Waals surface area contributed by atoms with E-state index >= 15 is 0 Å². The quantitative estimate of drug-likeness (QED) is 0.778. The van der Waals surface area contributed by atoms with E-state index in [4.69, 9.17) is 11.6 Å². The minimum Gasteiger partial charge on any atom is -0.334 e. The molecule has 0 N–H and O–H groups in total. The van der Waals surface area contributed by atoms with Gasteiger partial charge in [-0.05, 0) is 31.4 Å². The summed E-state index contributed by atoms with van der Waals surface area (Å²) in [5, 5.41) is -0.446. The van der Waals surface area contributed by atoms with Crippen molar-refractivity contribution in [3.05, 3.63) is 34.3 Å². The molecule has 1 aliphatic carbocycles. The Morgan fingerprint density at radius 3 is 2.71 bits per heavy atom. The predicted molar refractivity (Wildman–Crippen MR) is 73.0 cm³/mol. The van der Waals surface area contributed by atoms with Crippen LogP contribution in [0.1, 0.15) is 25.3 Å². The van der Waals surface area contributed by atoms with Crippen molar-refractivity contribution in [3.63, 3.8) is 0 Å². The van der Waals surface area contributed by atoms with Gasteiger partial charge in [-0.25, -0.2) is 0 Å². The molecule has 4 heteroatoms. The highest BCUT2D eigenvalue weighted by Crippen LogP contribution is 2.30. The van der Waals surface area contributed by atoms with Gasteiger partial charge in [0.05, 0.1) is 0 Å². The number of amides is 1. The zero-order chi connectivity index (χ0) is 12.4. The average Bonchev–Trinajstić information content (AvgIpc) is 3.11. The molecular weight excluding hydrogens is 302 g/mol. The molecule has 0 saturated heterocycles. The second kappa shape index (κ2) is 5.40. The summed E-state index contributed by atoms with van der Waals surface area (Å²) in [4.78, 5) is 13.9. The summed E-state index contributed by atoms with van der Waals surface area (Å²) >= 11 is 9.41. The molecule has 0 bridgehead atoms. The zero-order valence-electron chi connectivity index (χ0n) is 9.70. The van der Waals surface area contributed by atoms with E-state index in [-0.39, 0.29) is 5.91 Å². The predicted octanol–water partition coefficient (Wildman–Crippen LogP) is 3.57. The van der Waals surface area contributed by atoms with Crippen LogP contribution in [0.5, 0.6) is 0 Å². The van der Waals surface area contributed by atoms with Crippen LogP contribution in [-0.4, -0.2) is 22.2 Å². The Hall–Kier alpha value is -0.540. The van der Waals surface area contributed by atoms with Crippen molar-refractivity contribution in [1.82, 2.24) is 4.90 Å². The second-order valence-electron chi connectivity index (χ2n) is 4.40. The highest BCUT2D eigenvalue weighted by Gasteiger charge is 2.34. The Kier molecular flexibility index (Phi) is 4.10. The van der Waals surface area contributed by atoms with E-state index in [2.05, 4.69) is 15.9 Å². The van der Waals surface area contributed by atoms with Crippen LogP contribution in [0.3, 0.4) is 0 Å². The molecule has 0 aromatic heterocycles. The molecule has 92 valence electrons. The van der Waals surface area contributed by atoms with Gasteiger partial charge in [0, 0.05) is 17.1 Å². The number of hydrogen-bond donors (Lipinski definition) is 0. The highest BCUT2D eigenvalue weighted by molar-refractivity contribution is 9.10. The topological polar surface area (TPSA) is 20.3 Å². The molecule has 0 radical (unpaired) electrons. The first-order valence-corrected chi connectivity index (χ1v) is 7.00. The van der Waals surface area contributed by atoms with Crippen LogP contribution in [0, 0.1) is 0 Å². The Bertz CT molecular complexity index is 418. The van der Waals surface area contributed by atoms with Crippen molar-refractivity contribution in [1.29, 1.82) is 0 Å². The van der Waals surface area contributed by atoms with Gasteiger partial charge in [-0.2, -0.15) is 0 Å². The van der Waals surface area contributed by atoms with Crippen LogP contribution in [0.4, 0.5) is 0 Å². The van der Waals surface area contributed by atoms with Gasteiger partial charge < -0.3 is 4.90 Å². The maximum atomic E-state index is 12.0. The van der Waals surface area contributed by atoms with Gasteiger partial charge in [-0.1, -0.05) is 34.1 Å². The van der Waals surface area contributed by atoms with Crippen LogP contribution in [0.25, 0.3) is 0 Å². The molecule has 17 heavy (non-hydrogen) atoms. The van der Waals surface area contributed by atoms with Crippen LogP contribution in [-0.2, 0) is 11.3 Å². The normalized spacial score (nSPS) is 16.6. The van der Waals surface area contributed by atoms with Gasteiger partial charge in [0.2, 0.25) is 5.91 Å². The number of nitrogens with zero attached hydrogens (tertiary/aromatic N) is 1. The van der Waals surface area contributed by atoms with Gasteiger partial charge in [0.15, 0.2) is 0 Å². The molecule has 1 aromatic rings. The van der Waals surface area contributed by atoms with Crippen molar-refractivity contribution in [3.8, 4) is 0 Å². The molecule has 1 amide bonds. The van der Waals surface area contributed by atoms with Crippen LogP contribution in [0.2, 0.25) is 0 Å².